The van der Waals surface area contributed by atoms with Crippen molar-refractivity contribution in [3.8, 4) is 6.07 Å². The van der Waals surface area contributed by atoms with Crippen molar-refractivity contribution in [1.82, 2.24) is 0 Å². The summed E-state index contributed by atoms with van der Waals surface area (Å²) >= 11 is 0. The Bertz CT molecular complexity index is 193. The Kier molecular flexibility index (Phi) is 2.74. The molecule has 2 N–H and O–H groups in total. The first-order chi connectivity index (χ1) is 5.60. The van der Waals surface area contributed by atoms with E-state index in [-0.39, 0.29) is 0 Å². The van der Waals surface area contributed by atoms with Gasteiger partial charge in [-0.15, -0.1) is 0 Å². The maximum absolute atomic E-state index is 8.99. The van der Waals surface area contributed by atoms with Gasteiger partial charge in [0.2, 0.25) is 0 Å². The number of nitrogens with two attached hydrogens (primary N) is 1. The normalized spacial score (nSPS) is 36.4. The molecule has 2 heteroatoms. The number of rotatable bonds is 1. The highest BCUT2D eigenvalue weighted by Gasteiger charge is 2.38. The lowest BCUT2D eigenvalue weighted by Crippen LogP contribution is -2.49. The molecule has 12 heavy (non-hydrogen) atoms. The molecule has 0 aliphatic heterocycles. The Morgan fingerprint density at radius 3 is 2.58 bits per heavy atom. The third-order valence-electron chi connectivity index (χ3n) is 3.03. The minimum atomic E-state index is -0.535. The molecule has 0 heterocycles. The zero-order valence-corrected chi connectivity index (χ0v) is 8.01. The van der Waals surface area contributed by atoms with E-state index >= 15 is 0 Å². The van der Waals surface area contributed by atoms with Crippen molar-refractivity contribution in [3.63, 3.8) is 0 Å². The molecule has 68 valence electrons. The lowest BCUT2D eigenvalue weighted by molar-refractivity contribution is 0.188. The van der Waals surface area contributed by atoms with E-state index in [2.05, 4.69) is 19.9 Å². The molecule has 1 aliphatic rings. The quantitative estimate of drug-likeness (QED) is 0.648. The van der Waals surface area contributed by atoms with Gasteiger partial charge in [0.25, 0.3) is 0 Å². The summed E-state index contributed by atoms with van der Waals surface area (Å²) in [4.78, 5) is 0. The van der Waals surface area contributed by atoms with Crippen LogP contribution in [0, 0.1) is 23.2 Å². The number of hydrogen-bond donors (Lipinski definition) is 1. The molecule has 0 radical (unpaired) electrons. The van der Waals surface area contributed by atoms with Crippen LogP contribution in [0.3, 0.4) is 0 Å². The highest BCUT2D eigenvalue weighted by Crippen LogP contribution is 2.36. The number of hydrogen-bond acceptors (Lipinski definition) is 2. The van der Waals surface area contributed by atoms with Crippen LogP contribution in [-0.2, 0) is 0 Å². The Morgan fingerprint density at radius 1 is 1.50 bits per heavy atom. The van der Waals surface area contributed by atoms with E-state index in [0.717, 1.165) is 19.3 Å². The first-order valence-corrected chi connectivity index (χ1v) is 4.80. The molecule has 1 aliphatic carbocycles. The van der Waals surface area contributed by atoms with Crippen LogP contribution in [0.4, 0.5) is 0 Å². The molecular weight excluding hydrogens is 148 g/mol. The summed E-state index contributed by atoms with van der Waals surface area (Å²) in [5, 5.41) is 8.99. The van der Waals surface area contributed by atoms with Crippen LogP contribution in [0.2, 0.25) is 0 Å². The van der Waals surface area contributed by atoms with Gasteiger partial charge in [0, 0.05) is 0 Å². The number of nitrogens with zero attached hydrogens (tertiary/aromatic N) is 1. The predicted molar refractivity (Wildman–Crippen MR) is 49.3 cm³/mol. The van der Waals surface area contributed by atoms with Gasteiger partial charge in [0.1, 0.15) is 5.54 Å². The summed E-state index contributed by atoms with van der Waals surface area (Å²) in [6, 6.07) is 2.29. The second-order valence-electron chi connectivity index (χ2n) is 4.25. The van der Waals surface area contributed by atoms with Crippen molar-refractivity contribution in [3.05, 3.63) is 0 Å². The largest absolute Gasteiger partial charge is 0.313 e. The molecule has 0 bridgehead atoms. The van der Waals surface area contributed by atoms with Gasteiger partial charge in [-0.05, 0) is 24.7 Å². The van der Waals surface area contributed by atoms with Gasteiger partial charge >= 0.3 is 0 Å². The molecule has 0 aromatic carbocycles. The van der Waals surface area contributed by atoms with E-state index in [9.17, 15) is 0 Å². The maximum atomic E-state index is 8.99. The smallest absolute Gasteiger partial charge is 0.107 e. The van der Waals surface area contributed by atoms with Crippen LogP contribution in [0.25, 0.3) is 0 Å². The molecule has 2 nitrogen and oxygen atoms in total. The second kappa shape index (κ2) is 3.45. The molecule has 1 saturated carbocycles. The third-order valence-corrected chi connectivity index (χ3v) is 3.03. The van der Waals surface area contributed by atoms with Crippen LogP contribution < -0.4 is 5.73 Å². The summed E-state index contributed by atoms with van der Waals surface area (Å²) in [5.41, 5.74) is 5.51. The van der Waals surface area contributed by atoms with E-state index in [0.29, 0.717) is 11.8 Å². The molecule has 1 rings (SSSR count). The van der Waals surface area contributed by atoms with Crippen LogP contribution in [0.1, 0.15) is 39.5 Å². The molecule has 0 aromatic heterocycles. The molecular formula is C10H18N2. The summed E-state index contributed by atoms with van der Waals surface area (Å²) < 4.78 is 0. The van der Waals surface area contributed by atoms with Gasteiger partial charge in [-0.2, -0.15) is 5.26 Å². The van der Waals surface area contributed by atoms with Crippen LogP contribution >= 0.6 is 0 Å². The zero-order chi connectivity index (χ0) is 9.19. The first-order valence-electron chi connectivity index (χ1n) is 4.80. The highest BCUT2D eigenvalue weighted by atomic mass is 14.8. The summed E-state index contributed by atoms with van der Waals surface area (Å²) in [6.45, 7) is 4.32. The Balaban J connectivity index is 2.75. The van der Waals surface area contributed by atoms with Crippen molar-refractivity contribution in [2.24, 2.45) is 17.6 Å². The van der Waals surface area contributed by atoms with E-state index < -0.39 is 5.54 Å². The maximum Gasteiger partial charge on any atom is 0.107 e. The molecule has 2 atom stereocenters. The fourth-order valence-electron chi connectivity index (χ4n) is 2.29. The van der Waals surface area contributed by atoms with Gasteiger partial charge in [-0.25, -0.2) is 0 Å². The standard InChI is InChI=1S/C10H18N2/c1-8(2)9-5-3-4-6-10(9,12)7-11/h8-9H,3-6,12H2,1-2H3. The SMILES string of the molecule is CC(C)C1CCCCC1(N)C#N. The van der Waals surface area contributed by atoms with Gasteiger partial charge in [0.05, 0.1) is 6.07 Å². The fourth-order valence-corrected chi connectivity index (χ4v) is 2.29. The van der Waals surface area contributed by atoms with Crippen LogP contribution in [0.5, 0.6) is 0 Å². The minimum absolute atomic E-state index is 0.399. The lowest BCUT2D eigenvalue weighted by atomic mass is 9.69. The minimum Gasteiger partial charge on any atom is -0.313 e. The lowest BCUT2D eigenvalue weighted by Gasteiger charge is -2.38. The topological polar surface area (TPSA) is 49.8 Å². The third kappa shape index (κ3) is 1.61. The first kappa shape index (κ1) is 9.54. The van der Waals surface area contributed by atoms with Gasteiger partial charge in [-0.3, -0.25) is 0 Å². The van der Waals surface area contributed by atoms with Crippen LogP contribution in [-0.4, -0.2) is 5.54 Å². The highest BCUT2D eigenvalue weighted by molar-refractivity contribution is 5.10. The van der Waals surface area contributed by atoms with Crippen molar-refractivity contribution >= 4 is 0 Å². The van der Waals surface area contributed by atoms with E-state index in [1.165, 1.54) is 6.42 Å². The monoisotopic (exact) mass is 166 g/mol. The van der Waals surface area contributed by atoms with Gasteiger partial charge in [-0.1, -0.05) is 26.7 Å². The van der Waals surface area contributed by atoms with E-state index in [1.807, 2.05) is 0 Å². The van der Waals surface area contributed by atoms with Crippen molar-refractivity contribution in [2.45, 2.75) is 45.1 Å². The fraction of sp³-hybridized carbons (Fsp3) is 0.900. The average Bonchev–Trinajstić information content (AvgIpc) is 2.05. The van der Waals surface area contributed by atoms with Gasteiger partial charge in [0.15, 0.2) is 0 Å². The summed E-state index contributed by atoms with van der Waals surface area (Å²) in [6.07, 6.45) is 4.37. The Morgan fingerprint density at radius 2 is 2.17 bits per heavy atom. The Hall–Kier alpha value is -0.550. The Labute approximate surface area is 74.8 Å². The van der Waals surface area contributed by atoms with Gasteiger partial charge < -0.3 is 5.73 Å². The molecule has 0 amide bonds. The van der Waals surface area contributed by atoms with E-state index in [1.54, 1.807) is 0 Å². The van der Waals surface area contributed by atoms with Crippen molar-refractivity contribution in [1.29, 1.82) is 5.26 Å². The van der Waals surface area contributed by atoms with Crippen molar-refractivity contribution in [2.75, 3.05) is 0 Å². The molecule has 2 unspecified atom stereocenters. The summed E-state index contributed by atoms with van der Waals surface area (Å²) in [7, 11) is 0. The molecule has 0 spiro atoms. The molecule has 0 saturated heterocycles. The van der Waals surface area contributed by atoms with Crippen LogP contribution in [0.15, 0.2) is 0 Å². The second-order valence-corrected chi connectivity index (χ2v) is 4.25. The van der Waals surface area contributed by atoms with Crippen molar-refractivity contribution < 1.29 is 0 Å². The average molecular weight is 166 g/mol. The molecule has 1 fully saturated rings. The summed E-state index contributed by atoms with van der Waals surface area (Å²) in [5.74, 6) is 0.936. The molecule has 0 aromatic rings. The zero-order valence-electron chi connectivity index (χ0n) is 8.01. The van der Waals surface area contributed by atoms with E-state index in [4.69, 9.17) is 11.0 Å². The number of nitriles is 1. The predicted octanol–water partition coefficient (Wildman–Crippen LogP) is 2.05.